The Bertz CT molecular complexity index is 742. The van der Waals surface area contributed by atoms with Crippen molar-refractivity contribution in [3.05, 3.63) is 34.1 Å². The number of anilines is 1. The maximum atomic E-state index is 12.2. The summed E-state index contributed by atoms with van der Waals surface area (Å²) in [6.45, 7) is 0.958. The molecule has 0 atom stereocenters. The number of fused-ring (bicyclic) bond motifs is 1. The highest BCUT2D eigenvalue weighted by Crippen LogP contribution is 2.34. The second-order valence-corrected chi connectivity index (χ2v) is 7.67. The molecule has 1 aliphatic rings. The van der Waals surface area contributed by atoms with E-state index in [4.69, 9.17) is 9.47 Å². The SMILES string of the molecule is O=S(=O)(Nc1ccc2c(c1)OCCO2)c1sccc1Br. The van der Waals surface area contributed by atoms with E-state index >= 15 is 0 Å². The van der Waals surface area contributed by atoms with Crippen molar-refractivity contribution in [2.45, 2.75) is 4.21 Å². The summed E-state index contributed by atoms with van der Waals surface area (Å²) in [6, 6.07) is 6.65. The van der Waals surface area contributed by atoms with Gasteiger partial charge in [0.25, 0.3) is 10.0 Å². The summed E-state index contributed by atoms with van der Waals surface area (Å²) in [5, 5.41) is 1.71. The molecule has 2 aromatic rings. The Morgan fingerprint density at radius 2 is 1.90 bits per heavy atom. The van der Waals surface area contributed by atoms with E-state index in [0.717, 1.165) is 11.3 Å². The molecule has 1 aliphatic heterocycles. The lowest BCUT2D eigenvalue weighted by atomic mass is 10.3. The van der Waals surface area contributed by atoms with E-state index in [2.05, 4.69) is 20.7 Å². The third kappa shape index (κ3) is 2.63. The second kappa shape index (κ2) is 5.27. The van der Waals surface area contributed by atoms with E-state index < -0.39 is 10.0 Å². The number of sulfonamides is 1. The highest BCUT2D eigenvalue weighted by Gasteiger charge is 2.20. The second-order valence-electron chi connectivity index (χ2n) is 4.02. The van der Waals surface area contributed by atoms with Gasteiger partial charge in [0.15, 0.2) is 15.7 Å². The van der Waals surface area contributed by atoms with Gasteiger partial charge in [0.1, 0.15) is 13.2 Å². The molecule has 0 spiro atoms. The van der Waals surface area contributed by atoms with Gasteiger partial charge < -0.3 is 9.47 Å². The van der Waals surface area contributed by atoms with Crippen LogP contribution < -0.4 is 14.2 Å². The van der Waals surface area contributed by atoms with E-state index in [1.807, 2.05) is 0 Å². The fourth-order valence-corrected chi connectivity index (χ4v) is 5.17. The average molecular weight is 376 g/mol. The van der Waals surface area contributed by atoms with Gasteiger partial charge in [-0.1, -0.05) is 0 Å². The topological polar surface area (TPSA) is 64.6 Å². The lowest BCUT2D eigenvalue weighted by Crippen LogP contribution is -2.16. The molecule has 0 aliphatic carbocycles. The summed E-state index contributed by atoms with van der Waals surface area (Å²) in [7, 11) is -3.60. The van der Waals surface area contributed by atoms with Crippen LogP contribution in [0.4, 0.5) is 5.69 Å². The minimum absolute atomic E-state index is 0.243. The highest BCUT2D eigenvalue weighted by molar-refractivity contribution is 9.10. The average Bonchev–Trinajstić information content (AvgIpc) is 2.85. The number of thiophene rings is 1. The van der Waals surface area contributed by atoms with Crippen LogP contribution in [0, 0.1) is 0 Å². The summed E-state index contributed by atoms with van der Waals surface area (Å²) in [4.78, 5) is 0. The van der Waals surface area contributed by atoms with Crippen LogP contribution in [0.5, 0.6) is 11.5 Å². The minimum atomic E-state index is -3.60. The van der Waals surface area contributed by atoms with E-state index in [-0.39, 0.29) is 4.21 Å². The van der Waals surface area contributed by atoms with Crippen LogP contribution in [-0.4, -0.2) is 21.6 Å². The molecular formula is C12H10BrNO4S2. The molecule has 1 aromatic heterocycles. The number of nitrogens with one attached hydrogen (secondary N) is 1. The Kier molecular flexibility index (Phi) is 3.61. The monoisotopic (exact) mass is 375 g/mol. The van der Waals surface area contributed by atoms with Crippen LogP contribution in [-0.2, 0) is 10.0 Å². The first-order valence-corrected chi connectivity index (χ1v) is 8.87. The Hall–Kier alpha value is -1.25. The van der Waals surface area contributed by atoms with Gasteiger partial charge in [-0.2, -0.15) is 0 Å². The largest absolute Gasteiger partial charge is 0.486 e. The van der Waals surface area contributed by atoms with Crippen molar-refractivity contribution in [3.63, 3.8) is 0 Å². The normalized spacial score (nSPS) is 14.1. The van der Waals surface area contributed by atoms with Gasteiger partial charge >= 0.3 is 0 Å². The Morgan fingerprint density at radius 1 is 1.15 bits per heavy atom. The van der Waals surface area contributed by atoms with Crippen molar-refractivity contribution in [2.75, 3.05) is 17.9 Å². The first-order valence-electron chi connectivity index (χ1n) is 5.72. The van der Waals surface area contributed by atoms with Gasteiger partial charge in [-0.25, -0.2) is 8.42 Å². The zero-order valence-corrected chi connectivity index (χ0v) is 13.3. The van der Waals surface area contributed by atoms with Crippen LogP contribution in [0.25, 0.3) is 0 Å². The van der Waals surface area contributed by atoms with Gasteiger partial charge in [0.2, 0.25) is 0 Å². The molecule has 20 heavy (non-hydrogen) atoms. The van der Waals surface area contributed by atoms with Crippen LogP contribution in [0.2, 0.25) is 0 Å². The van der Waals surface area contributed by atoms with Crippen molar-refractivity contribution < 1.29 is 17.9 Å². The van der Waals surface area contributed by atoms with Crippen LogP contribution in [0.3, 0.4) is 0 Å². The quantitative estimate of drug-likeness (QED) is 0.894. The van der Waals surface area contributed by atoms with Crippen LogP contribution >= 0.6 is 27.3 Å². The molecule has 0 bridgehead atoms. The Balaban J connectivity index is 1.90. The minimum Gasteiger partial charge on any atom is -0.486 e. The van der Waals surface area contributed by atoms with Gasteiger partial charge in [-0.05, 0) is 39.5 Å². The van der Waals surface area contributed by atoms with Crippen LogP contribution in [0.1, 0.15) is 0 Å². The number of benzene rings is 1. The number of halogens is 1. The number of rotatable bonds is 3. The van der Waals surface area contributed by atoms with E-state index in [1.54, 1.807) is 29.6 Å². The zero-order chi connectivity index (χ0) is 14.2. The lowest BCUT2D eigenvalue weighted by Gasteiger charge is -2.19. The third-order valence-corrected chi connectivity index (χ3v) is 6.67. The summed E-state index contributed by atoms with van der Waals surface area (Å²) >= 11 is 4.37. The molecule has 106 valence electrons. The predicted molar refractivity (Wildman–Crippen MR) is 80.3 cm³/mol. The standard InChI is InChI=1S/C12H10BrNO4S2/c13-9-3-6-19-12(9)20(15,16)14-8-1-2-10-11(7-8)18-5-4-17-10/h1-3,6-7,14H,4-5H2. The van der Waals surface area contributed by atoms with Gasteiger partial charge in [-0.15, -0.1) is 11.3 Å². The summed E-state index contributed by atoms with van der Waals surface area (Å²) in [5.41, 5.74) is 0.439. The Labute approximate surface area is 128 Å². The first kappa shape index (κ1) is 13.7. The molecule has 1 aromatic carbocycles. The Morgan fingerprint density at radius 3 is 2.60 bits per heavy atom. The molecule has 0 unspecified atom stereocenters. The van der Waals surface area contributed by atoms with E-state index in [0.29, 0.717) is 34.9 Å². The maximum Gasteiger partial charge on any atom is 0.272 e. The number of hydrogen-bond donors (Lipinski definition) is 1. The molecule has 0 fully saturated rings. The van der Waals surface area contributed by atoms with Crippen molar-refractivity contribution in [3.8, 4) is 11.5 Å². The molecule has 2 heterocycles. The molecule has 0 radical (unpaired) electrons. The molecule has 5 nitrogen and oxygen atoms in total. The van der Waals surface area contributed by atoms with E-state index in [9.17, 15) is 8.42 Å². The van der Waals surface area contributed by atoms with Gasteiger partial charge in [0.05, 0.1) is 5.69 Å². The van der Waals surface area contributed by atoms with Crippen molar-refractivity contribution in [1.29, 1.82) is 0 Å². The summed E-state index contributed by atoms with van der Waals surface area (Å²) < 4.78 is 38.6. The molecular weight excluding hydrogens is 366 g/mol. The third-order valence-electron chi connectivity index (χ3n) is 2.62. The van der Waals surface area contributed by atoms with Gasteiger partial charge in [0, 0.05) is 10.5 Å². The number of hydrogen-bond acceptors (Lipinski definition) is 5. The molecule has 0 saturated heterocycles. The van der Waals surface area contributed by atoms with Gasteiger partial charge in [-0.3, -0.25) is 4.72 Å². The van der Waals surface area contributed by atoms with Crippen molar-refractivity contribution in [1.82, 2.24) is 0 Å². The van der Waals surface area contributed by atoms with Crippen LogP contribution in [0.15, 0.2) is 38.3 Å². The first-order chi connectivity index (χ1) is 9.56. The van der Waals surface area contributed by atoms with Crippen molar-refractivity contribution in [2.24, 2.45) is 0 Å². The smallest absolute Gasteiger partial charge is 0.272 e. The zero-order valence-electron chi connectivity index (χ0n) is 10.1. The fraction of sp³-hybridized carbons (Fsp3) is 0.167. The molecule has 0 amide bonds. The number of ether oxygens (including phenoxy) is 2. The predicted octanol–water partition coefficient (Wildman–Crippen LogP) is 3.08. The summed E-state index contributed by atoms with van der Waals surface area (Å²) in [6.07, 6.45) is 0. The lowest BCUT2D eigenvalue weighted by molar-refractivity contribution is 0.171. The molecule has 8 heteroatoms. The summed E-state index contributed by atoms with van der Waals surface area (Å²) in [5.74, 6) is 1.16. The molecule has 0 saturated carbocycles. The molecule has 3 rings (SSSR count). The fourth-order valence-electron chi connectivity index (χ4n) is 1.78. The maximum absolute atomic E-state index is 12.2. The van der Waals surface area contributed by atoms with Crippen molar-refractivity contribution >= 4 is 43.0 Å². The van der Waals surface area contributed by atoms with E-state index in [1.165, 1.54) is 0 Å². The highest BCUT2D eigenvalue weighted by atomic mass is 79.9. The molecule has 1 N–H and O–H groups in total.